The summed E-state index contributed by atoms with van der Waals surface area (Å²) in [4.78, 5) is 0. The van der Waals surface area contributed by atoms with E-state index in [0.29, 0.717) is 12.3 Å². The second kappa shape index (κ2) is 10.6. The van der Waals surface area contributed by atoms with Crippen LogP contribution >= 0.6 is 0 Å². The predicted octanol–water partition coefficient (Wildman–Crippen LogP) is 3.61. The van der Waals surface area contributed by atoms with Crippen molar-refractivity contribution in [3.05, 3.63) is 0 Å². The third-order valence-electron chi connectivity index (χ3n) is 4.92. The summed E-state index contributed by atoms with van der Waals surface area (Å²) in [6.07, 6.45) is 12.1. The van der Waals surface area contributed by atoms with Crippen LogP contribution in [0.2, 0.25) is 0 Å². The number of hydrogen-bond acceptors (Lipinski definition) is 3. The molecule has 126 valence electrons. The maximum atomic E-state index is 10.0. The third-order valence-corrected chi connectivity index (χ3v) is 4.92. The van der Waals surface area contributed by atoms with Gasteiger partial charge in [0, 0.05) is 6.04 Å². The molecule has 1 fully saturated rings. The molecule has 0 aromatic rings. The van der Waals surface area contributed by atoms with E-state index in [0.717, 1.165) is 18.8 Å². The molecule has 1 aliphatic rings. The minimum Gasteiger partial charge on any atom is -0.390 e. The Kier molecular flexibility index (Phi) is 9.54. The lowest BCUT2D eigenvalue weighted by molar-refractivity contribution is -0.00846. The average molecular weight is 299 g/mol. The third kappa shape index (κ3) is 8.18. The van der Waals surface area contributed by atoms with E-state index >= 15 is 0 Å². The van der Waals surface area contributed by atoms with Gasteiger partial charge in [0.2, 0.25) is 0 Å². The molecule has 0 spiro atoms. The summed E-state index contributed by atoms with van der Waals surface area (Å²) in [5.74, 6) is 1.35. The molecule has 1 aliphatic carbocycles. The first-order valence-electron chi connectivity index (χ1n) is 9.12. The molecule has 0 aliphatic heterocycles. The molecule has 3 heteroatoms. The average Bonchev–Trinajstić information content (AvgIpc) is 2.46. The van der Waals surface area contributed by atoms with Gasteiger partial charge in [-0.3, -0.25) is 0 Å². The summed E-state index contributed by atoms with van der Waals surface area (Å²) >= 11 is 0. The van der Waals surface area contributed by atoms with Crippen LogP contribution in [0.4, 0.5) is 0 Å². The van der Waals surface area contributed by atoms with E-state index in [1.807, 2.05) is 13.8 Å². The zero-order valence-electron chi connectivity index (χ0n) is 14.1. The fraction of sp³-hybridized carbons (Fsp3) is 1.00. The molecule has 0 radical (unpaired) electrons. The van der Waals surface area contributed by atoms with E-state index in [2.05, 4.69) is 0 Å². The van der Waals surface area contributed by atoms with Gasteiger partial charge < -0.3 is 15.9 Å². The molecule has 21 heavy (non-hydrogen) atoms. The largest absolute Gasteiger partial charge is 0.390 e. The first-order chi connectivity index (χ1) is 10.0. The van der Waals surface area contributed by atoms with Gasteiger partial charge in [-0.25, -0.2) is 0 Å². The SMILES string of the molecule is CC(C)C[C@H](O)[C@H](O)[C@@H](N)CCCCCC1CCCCC1. The predicted molar refractivity (Wildman–Crippen MR) is 89.1 cm³/mol. The monoisotopic (exact) mass is 299 g/mol. The van der Waals surface area contributed by atoms with E-state index < -0.39 is 12.2 Å². The molecule has 1 saturated carbocycles. The number of aliphatic hydroxyl groups is 2. The van der Waals surface area contributed by atoms with Gasteiger partial charge in [0.05, 0.1) is 12.2 Å². The van der Waals surface area contributed by atoms with Gasteiger partial charge in [-0.1, -0.05) is 71.6 Å². The summed E-state index contributed by atoms with van der Waals surface area (Å²) in [5.41, 5.74) is 6.01. The zero-order chi connectivity index (χ0) is 15.7. The van der Waals surface area contributed by atoms with E-state index in [1.165, 1.54) is 51.4 Å². The maximum absolute atomic E-state index is 10.0. The smallest absolute Gasteiger partial charge is 0.0949 e. The normalized spacial score (nSPS) is 21.4. The van der Waals surface area contributed by atoms with Crippen molar-refractivity contribution >= 4 is 0 Å². The van der Waals surface area contributed by atoms with Gasteiger partial charge in [-0.05, 0) is 24.7 Å². The molecule has 0 saturated heterocycles. The van der Waals surface area contributed by atoms with Crippen molar-refractivity contribution < 1.29 is 10.2 Å². The Morgan fingerprint density at radius 2 is 1.67 bits per heavy atom. The van der Waals surface area contributed by atoms with E-state index in [-0.39, 0.29) is 6.04 Å². The van der Waals surface area contributed by atoms with Gasteiger partial charge in [0.25, 0.3) is 0 Å². The molecule has 0 amide bonds. The molecule has 3 nitrogen and oxygen atoms in total. The van der Waals surface area contributed by atoms with Crippen LogP contribution in [-0.2, 0) is 0 Å². The lowest BCUT2D eigenvalue weighted by atomic mass is 9.85. The highest BCUT2D eigenvalue weighted by molar-refractivity contribution is 4.79. The van der Waals surface area contributed by atoms with Crippen molar-refractivity contribution in [3.8, 4) is 0 Å². The molecule has 4 N–H and O–H groups in total. The van der Waals surface area contributed by atoms with Crippen molar-refractivity contribution in [2.45, 2.75) is 103 Å². The van der Waals surface area contributed by atoms with Crippen LogP contribution in [-0.4, -0.2) is 28.5 Å². The zero-order valence-corrected chi connectivity index (χ0v) is 14.1. The van der Waals surface area contributed by atoms with E-state index in [9.17, 15) is 10.2 Å². The van der Waals surface area contributed by atoms with Crippen molar-refractivity contribution in [2.24, 2.45) is 17.6 Å². The van der Waals surface area contributed by atoms with Gasteiger partial charge in [-0.15, -0.1) is 0 Å². The quantitative estimate of drug-likeness (QED) is 0.540. The summed E-state index contributed by atoms with van der Waals surface area (Å²) < 4.78 is 0. The van der Waals surface area contributed by atoms with Gasteiger partial charge in [0.15, 0.2) is 0 Å². The second-order valence-corrected chi connectivity index (χ2v) is 7.49. The van der Waals surface area contributed by atoms with Crippen LogP contribution in [0.3, 0.4) is 0 Å². The first-order valence-corrected chi connectivity index (χ1v) is 9.12. The molecule has 0 aromatic carbocycles. The van der Waals surface area contributed by atoms with Crippen molar-refractivity contribution in [1.29, 1.82) is 0 Å². The van der Waals surface area contributed by atoms with Gasteiger partial charge in [-0.2, -0.15) is 0 Å². The highest BCUT2D eigenvalue weighted by Gasteiger charge is 2.23. The Labute approximate surface area is 131 Å². The van der Waals surface area contributed by atoms with E-state index in [1.54, 1.807) is 0 Å². The van der Waals surface area contributed by atoms with Crippen LogP contribution < -0.4 is 5.73 Å². The summed E-state index contributed by atoms with van der Waals surface area (Å²) in [6.45, 7) is 4.10. The lowest BCUT2D eigenvalue weighted by Crippen LogP contribution is -2.43. The van der Waals surface area contributed by atoms with Crippen LogP contribution in [0.5, 0.6) is 0 Å². The molecule has 3 atom stereocenters. The summed E-state index contributed by atoms with van der Waals surface area (Å²) in [6, 6.07) is -0.284. The maximum Gasteiger partial charge on any atom is 0.0949 e. The summed E-state index contributed by atoms with van der Waals surface area (Å²) in [5, 5.41) is 19.9. The number of aliphatic hydroxyl groups excluding tert-OH is 2. The topological polar surface area (TPSA) is 66.5 Å². The van der Waals surface area contributed by atoms with Crippen LogP contribution in [0.1, 0.15) is 84.5 Å². The lowest BCUT2D eigenvalue weighted by Gasteiger charge is -2.25. The number of hydrogen-bond donors (Lipinski definition) is 3. The Balaban J connectivity index is 2.05. The highest BCUT2D eigenvalue weighted by atomic mass is 16.3. The number of nitrogens with two attached hydrogens (primary N) is 1. The summed E-state index contributed by atoms with van der Waals surface area (Å²) in [7, 11) is 0. The van der Waals surface area contributed by atoms with Crippen molar-refractivity contribution in [2.75, 3.05) is 0 Å². The minimum atomic E-state index is -0.772. The van der Waals surface area contributed by atoms with Crippen LogP contribution in [0.15, 0.2) is 0 Å². The molecular weight excluding hydrogens is 262 g/mol. The first kappa shape index (κ1) is 18.9. The Hall–Kier alpha value is -0.120. The van der Waals surface area contributed by atoms with Crippen LogP contribution in [0.25, 0.3) is 0 Å². The van der Waals surface area contributed by atoms with Gasteiger partial charge in [0.1, 0.15) is 0 Å². The molecule has 0 aromatic heterocycles. The molecule has 0 bridgehead atoms. The van der Waals surface area contributed by atoms with Crippen LogP contribution in [0, 0.1) is 11.8 Å². The van der Waals surface area contributed by atoms with Gasteiger partial charge >= 0.3 is 0 Å². The fourth-order valence-corrected chi connectivity index (χ4v) is 3.54. The standard InChI is InChI=1S/C18H37NO2/c1-14(2)13-17(20)18(21)16(19)12-8-4-7-11-15-9-5-3-6-10-15/h14-18,20-21H,3-13,19H2,1-2H3/t16-,17-,18+/m0/s1. The van der Waals surface area contributed by atoms with Crippen molar-refractivity contribution in [1.82, 2.24) is 0 Å². The van der Waals surface area contributed by atoms with E-state index in [4.69, 9.17) is 5.73 Å². The molecule has 0 heterocycles. The Bertz CT molecular complexity index is 252. The molecular formula is C18H37NO2. The fourth-order valence-electron chi connectivity index (χ4n) is 3.54. The Morgan fingerprint density at radius 1 is 1.00 bits per heavy atom. The van der Waals surface area contributed by atoms with Crippen molar-refractivity contribution in [3.63, 3.8) is 0 Å². The second-order valence-electron chi connectivity index (χ2n) is 7.49. The minimum absolute atomic E-state index is 0.284. The number of unbranched alkanes of at least 4 members (excludes halogenated alkanes) is 2. The number of rotatable bonds is 10. The Morgan fingerprint density at radius 3 is 2.29 bits per heavy atom. The highest BCUT2D eigenvalue weighted by Crippen LogP contribution is 2.28. The molecule has 0 unspecified atom stereocenters. The molecule has 1 rings (SSSR count).